The number of anilines is 3. The third-order valence-electron chi connectivity index (χ3n) is 14.8. The Morgan fingerprint density at radius 3 is 1.52 bits per heavy atom. The van der Waals surface area contributed by atoms with Gasteiger partial charge in [-0.3, -0.25) is 0 Å². The number of hydrogen-bond donors (Lipinski definition) is 0. The van der Waals surface area contributed by atoms with Crippen LogP contribution in [-0.2, 0) is 10.8 Å². The van der Waals surface area contributed by atoms with Crippen molar-refractivity contribution >= 4 is 27.8 Å². The molecule has 1 spiro atoms. The first kappa shape index (κ1) is 36.9. The van der Waals surface area contributed by atoms with Gasteiger partial charge in [-0.2, -0.15) is 0 Å². The fraction of sp³-hybridized carbons (Fsp3) is 0.0794. The first-order valence-electron chi connectivity index (χ1n) is 22.6. The molecule has 0 aromatic heterocycles. The first-order valence-corrected chi connectivity index (χ1v) is 22.6. The third-order valence-corrected chi connectivity index (χ3v) is 14.8. The quantitative estimate of drug-likeness (QED) is 0.167. The van der Waals surface area contributed by atoms with Gasteiger partial charge in [0, 0.05) is 22.4 Å². The first-order chi connectivity index (χ1) is 31.4. The number of nitrogens with zero attached hydrogens (tertiary/aromatic N) is 1. The van der Waals surface area contributed by atoms with Crippen LogP contribution in [0.15, 0.2) is 218 Å². The maximum absolute atomic E-state index is 2.51. The van der Waals surface area contributed by atoms with E-state index in [0.29, 0.717) is 0 Å². The van der Waals surface area contributed by atoms with Crippen molar-refractivity contribution in [1.29, 1.82) is 0 Å². The Kier molecular flexibility index (Phi) is 7.85. The fourth-order valence-corrected chi connectivity index (χ4v) is 12.0. The summed E-state index contributed by atoms with van der Waals surface area (Å²) >= 11 is 0. The fourth-order valence-electron chi connectivity index (χ4n) is 12.0. The van der Waals surface area contributed by atoms with E-state index in [1.807, 2.05) is 0 Å². The second kappa shape index (κ2) is 13.6. The van der Waals surface area contributed by atoms with E-state index >= 15 is 0 Å². The molecule has 0 saturated carbocycles. The second-order valence-electron chi connectivity index (χ2n) is 18.4. The van der Waals surface area contributed by atoms with E-state index in [-0.39, 0.29) is 5.41 Å². The van der Waals surface area contributed by atoms with Gasteiger partial charge in [0.05, 0.1) is 11.1 Å². The van der Waals surface area contributed by atoms with Gasteiger partial charge in [-0.25, -0.2) is 0 Å². The molecule has 0 aliphatic heterocycles. The molecule has 0 unspecified atom stereocenters. The van der Waals surface area contributed by atoms with Gasteiger partial charge in [0.15, 0.2) is 0 Å². The molecule has 64 heavy (non-hydrogen) atoms. The number of fused-ring (bicyclic) bond motifs is 14. The highest BCUT2D eigenvalue weighted by Gasteiger charge is 2.51. The van der Waals surface area contributed by atoms with Crippen LogP contribution in [0, 0.1) is 6.92 Å². The largest absolute Gasteiger partial charge is 0.310 e. The van der Waals surface area contributed by atoms with Crippen molar-refractivity contribution < 1.29 is 0 Å². The Hall–Kier alpha value is -7.74. The molecule has 0 fully saturated rings. The second-order valence-corrected chi connectivity index (χ2v) is 18.4. The van der Waals surface area contributed by atoms with Crippen molar-refractivity contribution in [1.82, 2.24) is 0 Å². The summed E-state index contributed by atoms with van der Waals surface area (Å²) in [6.07, 6.45) is 0. The van der Waals surface area contributed by atoms with E-state index in [2.05, 4.69) is 244 Å². The van der Waals surface area contributed by atoms with Crippen molar-refractivity contribution in [3.63, 3.8) is 0 Å². The van der Waals surface area contributed by atoms with E-state index in [0.717, 1.165) is 17.1 Å². The molecule has 3 aliphatic rings. The summed E-state index contributed by atoms with van der Waals surface area (Å²) in [5.74, 6) is 0. The van der Waals surface area contributed by atoms with Gasteiger partial charge in [-0.05, 0) is 143 Å². The number of benzene rings is 10. The predicted octanol–water partition coefficient (Wildman–Crippen LogP) is 16.6. The Morgan fingerprint density at radius 1 is 0.312 bits per heavy atom. The maximum Gasteiger partial charge on any atom is 0.0725 e. The highest BCUT2D eigenvalue weighted by atomic mass is 15.1. The molecule has 10 aromatic rings. The number of para-hydroxylation sites is 1. The summed E-state index contributed by atoms with van der Waals surface area (Å²) < 4.78 is 0. The van der Waals surface area contributed by atoms with Crippen molar-refractivity contribution in [3.8, 4) is 55.6 Å². The monoisotopic (exact) mass is 815 g/mol. The van der Waals surface area contributed by atoms with Gasteiger partial charge in [0.1, 0.15) is 0 Å². The van der Waals surface area contributed by atoms with Gasteiger partial charge in [0.2, 0.25) is 0 Å². The summed E-state index contributed by atoms with van der Waals surface area (Å²) in [7, 11) is 0. The zero-order valence-electron chi connectivity index (χ0n) is 36.2. The van der Waals surface area contributed by atoms with Crippen LogP contribution in [-0.4, -0.2) is 0 Å². The van der Waals surface area contributed by atoms with Gasteiger partial charge in [-0.1, -0.05) is 196 Å². The lowest BCUT2D eigenvalue weighted by Crippen LogP contribution is -2.25. The summed E-state index contributed by atoms with van der Waals surface area (Å²) in [5.41, 5.74) is 25.0. The molecular formula is C63H45N. The van der Waals surface area contributed by atoms with Crippen molar-refractivity contribution in [2.45, 2.75) is 31.6 Å². The maximum atomic E-state index is 2.51. The molecule has 0 radical (unpaired) electrons. The van der Waals surface area contributed by atoms with Crippen LogP contribution < -0.4 is 4.90 Å². The lowest BCUT2D eigenvalue weighted by Gasteiger charge is -2.32. The zero-order chi connectivity index (χ0) is 42.7. The topological polar surface area (TPSA) is 3.24 Å². The van der Waals surface area contributed by atoms with E-state index in [4.69, 9.17) is 0 Å². The normalized spacial score (nSPS) is 14.1. The van der Waals surface area contributed by atoms with Crippen LogP contribution in [0.5, 0.6) is 0 Å². The predicted molar refractivity (Wildman–Crippen MR) is 268 cm³/mol. The lowest BCUT2D eigenvalue weighted by atomic mass is 9.70. The van der Waals surface area contributed by atoms with Crippen LogP contribution in [0.25, 0.3) is 66.4 Å². The van der Waals surface area contributed by atoms with Gasteiger partial charge >= 0.3 is 0 Å². The molecule has 1 heteroatoms. The van der Waals surface area contributed by atoms with Crippen LogP contribution in [0.4, 0.5) is 17.1 Å². The van der Waals surface area contributed by atoms with Crippen LogP contribution in [0.3, 0.4) is 0 Å². The molecule has 0 saturated heterocycles. The van der Waals surface area contributed by atoms with E-state index < -0.39 is 5.41 Å². The Bertz CT molecular complexity index is 3520. The third kappa shape index (κ3) is 5.01. The minimum atomic E-state index is -0.401. The summed E-state index contributed by atoms with van der Waals surface area (Å²) in [5, 5.41) is 2.56. The molecule has 10 aromatic carbocycles. The SMILES string of the molecule is Cc1ccc(-c2cccc(N(c3ccc4c(c3)-c3ccccc3C43c4ccccc4-c4ccccc43)c3ccccc3-c3ccc4c(c3)C(C)(C)c3ccccc3-4)c2)c2ccccc12. The standard InChI is InChI=1S/C63H45N/c1-40-31-34-46(48-21-5-4-19-45(40)48)41-17-16-18-43(37-41)64(61-30-15-10-20-47(61)42-32-35-53-49-22-6-11-26-55(49)62(2,3)60(53)38-42)44-33-36-59-54(39-44)52-25-9-14-29-58(52)63(59)56-27-12-7-23-50(56)51-24-8-13-28-57(51)63/h4-39H,1-3H3. The average molecular weight is 816 g/mol. The van der Waals surface area contributed by atoms with Crippen LogP contribution in [0.2, 0.25) is 0 Å². The Labute approximate surface area is 375 Å². The Morgan fingerprint density at radius 2 is 0.812 bits per heavy atom. The number of hydrogen-bond acceptors (Lipinski definition) is 1. The van der Waals surface area contributed by atoms with Crippen molar-refractivity contribution in [3.05, 3.63) is 257 Å². The van der Waals surface area contributed by atoms with E-state index in [9.17, 15) is 0 Å². The lowest BCUT2D eigenvalue weighted by molar-refractivity contribution is 0.660. The number of aryl methyl sites for hydroxylation is 1. The van der Waals surface area contributed by atoms with Crippen LogP contribution in [0.1, 0.15) is 52.8 Å². The number of rotatable bonds is 5. The molecule has 0 amide bonds. The minimum Gasteiger partial charge on any atom is -0.310 e. The molecular weight excluding hydrogens is 771 g/mol. The molecule has 0 bridgehead atoms. The summed E-state index contributed by atoms with van der Waals surface area (Å²) in [4.78, 5) is 2.51. The molecule has 0 heterocycles. The highest BCUT2D eigenvalue weighted by molar-refractivity contribution is 6.01. The minimum absolute atomic E-state index is 0.109. The molecule has 302 valence electrons. The van der Waals surface area contributed by atoms with Gasteiger partial charge in [0.25, 0.3) is 0 Å². The molecule has 1 nitrogen and oxygen atoms in total. The van der Waals surface area contributed by atoms with Crippen molar-refractivity contribution in [2.75, 3.05) is 4.90 Å². The summed E-state index contributed by atoms with van der Waals surface area (Å²) in [6.45, 7) is 6.95. The summed E-state index contributed by atoms with van der Waals surface area (Å²) in [6, 6.07) is 82.1. The molecule has 13 rings (SSSR count). The highest BCUT2D eigenvalue weighted by Crippen LogP contribution is 2.63. The van der Waals surface area contributed by atoms with Crippen LogP contribution >= 0.6 is 0 Å². The van der Waals surface area contributed by atoms with E-state index in [1.165, 1.54) is 105 Å². The smallest absolute Gasteiger partial charge is 0.0725 e. The molecule has 3 aliphatic carbocycles. The van der Waals surface area contributed by atoms with Gasteiger partial charge in [-0.15, -0.1) is 0 Å². The Balaban J connectivity index is 1.05. The van der Waals surface area contributed by atoms with Gasteiger partial charge < -0.3 is 4.90 Å². The zero-order valence-corrected chi connectivity index (χ0v) is 36.2. The molecule has 0 N–H and O–H groups in total. The van der Waals surface area contributed by atoms with E-state index in [1.54, 1.807) is 0 Å². The molecule has 0 atom stereocenters. The van der Waals surface area contributed by atoms with Crippen molar-refractivity contribution in [2.24, 2.45) is 0 Å². The average Bonchev–Trinajstić information content (AvgIpc) is 3.90.